The molecule has 0 saturated heterocycles. The summed E-state index contributed by atoms with van der Waals surface area (Å²) in [5.74, 6) is -0.420. The Morgan fingerprint density at radius 2 is 2.21 bits per heavy atom. The molecule has 0 aliphatic heterocycles. The number of hydrogen-bond acceptors (Lipinski definition) is 2. The molecule has 0 saturated carbocycles. The van der Waals surface area contributed by atoms with Gasteiger partial charge in [-0.05, 0) is 33.6 Å². The number of primary amides is 1. The van der Waals surface area contributed by atoms with Crippen LogP contribution in [0.25, 0.3) is 0 Å². The fourth-order valence-corrected chi connectivity index (χ4v) is 1.51. The van der Waals surface area contributed by atoms with E-state index in [4.69, 9.17) is 23.1 Å². The second kappa shape index (κ2) is 4.77. The summed E-state index contributed by atoms with van der Waals surface area (Å²) in [6.45, 7) is 0. The lowest BCUT2D eigenvalue weighted by Gasteiger charge is -2.10. The Morgan fingerprint density at radius 3 is 2.71 bits per heavy atom. The fourth-order valence-electron chi connectivity index (χ4n) is 1.08. The van der Waals surface area contributed by atoms with Crippen LogP contribution in [-0.4, -0.2) is 5.91 Å². The van der Waals surface area contributed by atoms with Gasteiger partial charge in [0.15, 0.2) is 0 Å². The molecule has 1 atom stereocenters. The van der Waals surface area contributed by atoms with Crippen LogP contribution in [0.4, 0.5) is 0 Å². The van der Waals surface area contributed by atoms with Crippen LogP contribution in [0.3, 0.4) is 0 Å². The van der Waals surface area contributed by atoms with E-state index in [1.54, 1.807) is 12.1 Å². The summed E-state index contributed by atoms with van der Waals surface area (Å²) < 4.78 is 0.800. The Morgan fingerprint density at radius 1 is 1.57 bits per heavy atom. The zero-order valence-electron chi connectivity index (χ0n) is 7.34. The molecule has 5 heteroatoms. The Kier molecular flexibility index (Phi) is 3.92. The minimum absolute atomic E-state index is 0.123. The maximum absolute atomic E-state index is 10.6. The van der Waals surface area contributed by atoms with Crippen LogP contribution >= 0.6 is 27.5 Å². The Labute approximate surface area is 95.5 Å². The number of rotatable bonds is 3. The van der Waals surface area contributed by atoms with E-state index in [0.717, 1.165) is 10.0 Å². The number of carbonyl (C=O) groups is 1. The number of hydrogen-bond donors (Lipinski definition) is 2. The van der Waals surface area contributed by atoms with Crippen molar-refractivity contribution in [3.63, 3.8) is 0 Å². The van der Waals surface area contributed by atoms with Crippen molar-refractivity contribution in [2.75, 3.05) is 0 Å². The maximum atomic E-state index is 10.6. The molecule has 0 aliphatic carbocycles. The number of amides is 1. The predicted molar refractivity (Wildman–Crippen MR) is 59.9 cm³/mol. The van der Waals surface area contributed by atoms with E-state index in [2.05, 4.69) is 15.9 Å². The van der Waals surface area contributed by atoms with Gasteiger partial charge in [-0.25, -0.2) is 0 Å². The molecule has 1 unspecified atom stereocenters. The van der Waals surface area contributed by atoms with Gasteiger partial charge in [-0.15, -0.1) is 0 Å². The van der Waals surface area contributed by atoms with E-state index >= 15 is 0 Å². The molecule has 1 aromatic carbocycles. The third-order valence-electron chi connectivity index (χ3n) is 1.79. The first-order valence-electron chi connectivity index (χ1n) is 3.99. The van der Waals surface area contributed by atoms with Crippen LogP contribution in [0.15, 0.2) is 22.7 Å². The average Bonchev–Trinajstić information content (AvgIpc) is 2.08. The standard InChI is InChI=1S/C9H10BrClN2O/c10-6-2-1-5(3-7(6)11)8(12)4-9(13)14/h1-3,8H,4,12H2,(H2,13,14). The van der Waals surface area contributed by atoms with Crippen molar-refractivity contribution in [1.82, 2.24) is 0 Å². The monoisotopic (exact) mass is 276 g/mol. The van der Waals surface area contributed by atoms with Crippen molar-refractivity contribution in [2.24, 2.45) is 11.5 Å². The van der Waals surface area contributed by atoms with E-state index in [9.17, 15) is 4.79 Å². The summed E-state index contributed by atoms with van der Waals surface area (Å²) in [4.78, 5) is 10.6. The maximum Gasteiger partial charge on any atom is 0.219 e. The van der Waals surface area contributed by atoms with Gasteiger partial charge in [0.2, 0.25) is 5.91 Å². The lowest BCUT2D eigenvalue weighted by Crippen LogP contribution is -2.20. The van der Waals surface area contributed by atoms with Gasteiger partial charge in [-0.2, -0.15) is 0 Å². The molecule has 14 heavy (non-hydrogen) atoms. The minimum atomic E-state index is -0.420. The molecule has 1 aromatic rings. The highest BCUT2D eigenvalue weighted by molar-refractivity contribution is 9.10. The lowest BCUT2D eigenvalue weighted by molar-refractivity contribution is -0.118. The van der Waals surface area contributed by atoms with Crippen molar-refractivity contribution < 1.29 is 4.79 Å². The van der Waals surface area contributed by atoms with Crippen LogP contribution in [-0.2, 0) is 4.79 Å². The average molecular weight is 278 g/mol. The Balaban J connectivity index is 2.85. The molecule has 4 N–H and O–H groups in total. The molecule has 0 aliphatic rings. The van der Waals surface area contributed by atoms with Gasteiger partial charge in [-0.3, -0.25) is 4.79 Å². The van der Waals surface area contributed by atoms with Crippen molar-refractivity contribution in [3.8, 4) is 0 Å². The Bertz CT molecular complexity index is 357. The van der Waals surface area contributed by atoms with Crippen molar-refractivity contribution >= 4 is 33.4 Å². The van der Waals surface area contributed by atoms with Gasteiger partial charge in [0, 0.05) is 16.9 Å². The van der Waals surface area contributed by atoms with E-state index in [1.807, 2.05) is 6.07 Å². The van der Waals surface area contributed by atoms with Gasteiger partial charge in [0.05, 0.1) is 5.02 Å². The van der Waals surface area contributed by atoms with Crippen LogP contribution in [0.5, 0.6) is 0 Å². The van der Waals surface area contributed by atoms with Gasteiger partial charge in [-0.1, -0.05) is 17.7 Å². The first-order valence-corrected chi connectivity index (χ1v) is 5.16. The van der Waals surface area contributed by atoms with Crippen LogP contribution < -0.4 is 11.5 Å². The smallest absolute Gasteiger partial charge is 0.219 e. The molecule has 0 radical (unpaired) electrons. The van der Waals surface area contributed by atoms with Crippen LogP contribution in [0.1, 0.15) is 18.0 Å². The first kappa shape index (κ1) is 11.5. The number of carbonyl (C=O) groups excluding carboxylic acids is 1. The molecular weight excluding hydrogens is 267 g/mol. The van der Waals surface area contributed by atoms with Gasteiger partial charge < -0.3 is 11.5 Å². The molecule has 0 heterocycles. The number of nitrogens with two attached hydrogens (primary N) is 2. The normalized spacial score (nSPS) is 12.5. The van der Waals surface area contributed by atoms with Crippen LogP contribution in [0, 0.1) is 0 Å². The van der Waals surface area contributed by atoms with E-state index in [0.29, 0.717) is 5.02 Å². The van der Waals surface area contributed by atoms with E-state index < -0.39 is 11.9 Å². The van der Waals surface area contributed by atoms with E-state index in [-0.39, 0.29) is 6.42 Å². The second-order valence-electron chi connectivity index (χ2n) is 2.95. The first-order chi connectivity index (χ1) is 6.50. The Hall–Kier alpha value is -0.580. The molecule has 1 amide bonds. The molecule has 0 spiro atoms. The summed E-state index contributed by atoms with van der Waals surface area (Å²) in [5.41, 5.74) is 11.6. The van der Waals surface area contributed by atoms with E-state index in [1.165, 1.54) is 0 Å². The lowest BCUT2D eigenvalue weighted by atomic mass is 10.0. The molecule has 0 aromatic heterocycles. The van der Waals surface area contributed by atoms with Crippen LogP contribution in [0.2, 0.25) is 5.02 Å². The fraction of sp³-hybridized carbons (Fsp3) is 0.222. The molecule has 3 nitrogen and oxygen atoms in total. The quantitative estimate of drug-likeness (QED) is 0.887. The largest absolute Gasteiger partial charge is 0.370 e. The zero-order chi connectivity index (χ0) is 10.7. The predicted octanol–water partition coefficient (Wildman–Crippen LogP) is 1.98. The second-order valence-corrected chi connectivity index (χ2v) is 4.21. The molecule has 0 bridgehead atoms. The van der Waals surface area contributed by atoms with Gasteiger partial charge in [0.1, 0.15) is 0 Å². The van der Waals surface area contributed by atoms with Gasteiger partial charge >= 0.3 is 0 Å². The summed E-state index contributed by atoms with van der Waals surface area (Å²) in [7, 11) is 0. The summed E-state index contributed by atoms with van der Waals surface area (Å²) in [6, 6.07) is 4.93. The van der Waals surface area contributed by atoms with Gasteiger partial charge in [0.25, 0.3) is 0 Å². The number of benzene rings is 1. The topological polar surface area (TPSA) is 69.1 Å². The number of halogens is 2. The SMILES string of the molecule is NC(=O)CC(N)c1ccc(Br)c(Cl)c1. The molecule has 1 rings (SSSR count). The summed E-state index contributed by atoms with van der Waals surface area (Å²) in [5, 5.41) is 0.572. The minimum Gasteiger partial charge on any atom is -0.370 e. The molecule has 0 fully saturated rings. The zero-order valence-corrected chi connectivity index (χ0v) is 9.68. The summed E-state index contributed by atoms with van der Waals surface area (Å²) in [6.07, 6.45) is 0.123. The van der Waals surface area contributed by atoms with Crippen molar-refractivity contribution in [3.05, 3.63) is 33.3 Å². The molecular formula is C9H10BrClN2O. The van der Waals surface area contributed by atoms with Crippen molar-refractivity contribution in [2.45, 2.75) is 12.5 Å². The third kappa shape index (κ3) is 2.97. The highest BCUT2D eigenvalue weighted by Gasteiger charge is 2.10. The van der Waals surface area contributed by atoms with Crippen molar-refractivity contribution in [1.29, 1.82) is 0 Å². The molecule has 76 valence electrons. The highest BCUT2D eigenvalue weighted by Crippen LogP contribution is 2.26. The highest BCUT2D eigenvalue weighted by atomic mass is 79.9. The summed E-state index contributed by atoms with van der Waals surface area (Å²) >= 11 is 9.14. The third-order valence-corrected chi connectivity index (χ3v) is 3.03.